The number of carbonyl (C=O) groups is 2. The molecule has 1 saturated heterocycles. The number of urea groups is 1. The third kappa shape index (κ3) is 5.04. The third-order valence-electron chi connectivity index (χ3n) is 4.55. The van der Waals surface area contributed by atoms with E-state index in [0.29, 0.717) is 24.5 Å². The summed E-state index contributed by atoms with van der Waals surface area (Å²) in [4.78, 5) is 34.2. The molecule has 0 atom stereocenters. The second-order valence-corrected chi connectivity index (χ2v) is 6.81. The predicted molar refractivity (Wildman–Crippen MR) is 105 cm³/mol. The van der Waals surface area contributed by atoms with Crippen LogP contribution >= 0.6 is 0 Å². The van der Waals surface area contributed by atoms with Crippen molar-refractivity contribution >= 4 is 17.6 Å². The number of anilines is 1. The maximum atomic E-state index is 12.5. The monoisotopic (exact) mass is 367 g/mol. The van der Waals surface area contributed by atoms with Gasteiger partial charge in [-0.15, -0.1) is 0 Å². The highest BCUT2D eigenvalue weighted by molar-refractivity contribution is 5.95. The second kappa shape index (κ2) is 8.64. The summed E-state index contributed by atoms with van der Waals surface area (Å²) in [6.45, 7) is 3.92. The summed E-state index contributed by atoms with van der Waals surface area (Å²) in [5.41, 5.74) is 2.17. The smallest absolute Gasteiger partial charge is 0.321 e. The number of nitrogens with one attached hydrogen (secondary N) is 1. The minimum Gasteiger partial charge on any atom is -0.343 e. The second-order valence-electron chi connectivity index (χ2n) is 6.81. The van der Waals surface area contributed by atoms with E-state index in [1.165, 1.54) is 16.7 Å². The van der Waals surface area contributed by atoms with Crippen LogP contribution in [0.3, 0.4) is 0 Å². The SMILES string of the molecule is CN(C)C(=O)c1cc(NC(=O)N2CCN(Cc3ccccc3)CC2)ccn1. The number of aromatic nitrogens is 1. The molecular weight excluding hydrogens is 342 g/mol. The lowest BCUT2D eigenvalue weighted by Gasteiger charge is -2.34. The molecule has 0 aliphatic carbocycles. The molecule has 7 nitrogen and oxygen atoms in total. The van der Waals surface area contributed by atoms with Gasteiger partial charge in [-0.1, -0.05) is 30.3 Å². The highest BCUT2D eigenvalue weighted by Crippen LogP contribution is 2.13. The molecule has 3 rings (SSSR count). The Kier molecular flexibility index (Phi) is 6.03. The Bertz CT molecular complexity index is 786. The van der Waals surface area contributed by atoms with Gasteiger partial charge >= 0.3 is 6.03 Å². The fourth-order valence-electron chi connectivity index (χ4n) is 3.01. The van der Waals surface area contributed by atoms with Gasteiger partial charge in [-0.3, -0.25) is 14.7 Å². The van der Waals surface area contributed by atoms with Crippen molar-refractivity contribution in [2.45, 2.75) is 6.54 Å². The van der Waals surface area contributed by atoms with Gasteiger partial charge in [-0.05, 0) is 17.7 Å². The molecule has 1 aromatic heterocycles. The van der Waals surface area contributed by atoms with Crippen molar-refractivity contribution in [2.24, 2.45) is 0 Å². The zero-order valence-electron chi connectivity index (χ0n) is 15.8. The van der Waals surface area contributed by atoms with Crippen LogP contribution in [-0.2, 0) is 6.54 Å². The Balaban J connectivity index is 1.52. The van der Waals surface area contributed by atoms with Crippen molar-refractivity contribution in [3.63, 3.8) is 0 Å². The quantitative estimate of drug-likeness (QED) is 0.899. The van der Waals surface area contributed by atoms with Gasteiger partial charge in [0, 0.05) is 58.7 Å². The van der Waals surface area contributed by atoms with Crippen molar-refractivity contribution in [3.8, 4) is 0 Å². The van der Waals surface area contributed by atoms with Crippen LogP contribution < -0.4 is 5.32 Å². The van der Waals surface area contributed by atoms with E-state index in [-0.39, 0.29) is 11.9 Å². The summed E-state index contributed by atoms with van der Waals surface area (Å²) in [6, 6.07) is 13.5. The summed E-state index contributed by atoms with van der Waals surface area (Å²) in [5.74, 6) is -0.194. The molecule has 27 heavy (non-hydrogen) atoms. The van der Waals surface area contributed by atoms with Crippen LogP contribution in [0.4, 0.5) is 10.5 Å². The maximum Gasteiger partial charge on any atom is 0.321 e. The lowest BCUT2D eigenvalue weighted by atomic mass is 10.2. The van der Waals surface area contributed by atoms with E-state index in [0.717, 1.165) is 19.6 Å². The van der Waals surface area contributed by atoms with E-state index >= 15 is 0 Å². The molecule has 3 amide bonds. The lowest BCUT2D eigenvalue weighted by molar-refractivity contribution is 0.0822. The number of benzene rings is 1. The van der Waals surface area contributed by atoms with Crippen molar-refractivity contribution in [1.82, 2.24) is 19.7 Å². The molecule has 1 N–H and O–H groups in total. The summed E-state index contributed by atoms with van der Waals surface area (Å²) in [5, 5.41) is 2.87. The number of pyridine rings is 1. The topological polar surface area (TPSA) is 68.8 Å². The predicted octanol–water partition coefficient (Wildman–Crippen LogP) is 2.13. The van der Waals surface area contributed by atoms with Crippen LogP contribution in [0.2, 0.25) is 0 Å². The molecule has 2 heterocycles. The molecule has 1 aliphatic rings. The number of rotatable bonds is 4. The summed E-state index contributed by atoms with van der Waals surface area (Å²) in [6.07, 6.45) is 1.53. The molecule has 142 valence electrons. The van der Waals surface area contributed by atoms with Crippen molar-refractivity contribution in [3.05, 3.63) is 59.9 Å². The molecule has 0 saturated carbocycles. The first-order chi connectivity index (χ1) is 13.0. The molecule has 1 fully saturated rings. The maximum absolute atomic E-state index is 12.5. The van der Waals surface area contributed by atoms with Crippen molar-refractivity contribution < 1.29 is 9.59 Å². The average Bonchev–Trinajstić information content (AvgIpc) is 2.69. The first kappa shape index (κ1) is 18.8. The fraction of sp³-hybridized carbons (Fsp3) is 0.350. The third-order valence-corrected chi connectivity index (χ3v) is 4.55. The van der Waals surface area contributed by atoms with Crippen molar-refractivity contribution in [2.75, 3.05) is 45.6 Å². The summed E-state index contributed by atoms with van der Waals surface area (Å²) >= 11 is 0. The van der Waals surface area contributed by atoms with Gasteiger partial charge in [-0.2, -0.15) is 0 Å². The summed E-state index contributed by atoms with van der Waals surface area (Å²) in [7, 11) is 3.34. The molecule has 0 bridgehead atoms. The van der Waals surface area contributed by atoms with Crippen LogP contribution in [0, 0.1) is 0 Å². The molecule has 0 radical (unpaired) electrons. The van der Waals surface area contributed by atoms with Gasteiger partial charge in [0.05, 0.1) is 0 Å². The Morgan fingerprint density at radius 3 is 2.44 bits per heavy atom. The zero-order chi connectivity index (χ0) is 19.2. The zero-order valence-corrected chi connectivity index (χ0v) is 15.8. The average molecular weight is 367 g/mol. The molecule has 1 aromatic carbocycles. The summed E-state index contributed by atoms with van der Waals surface area (Å²) < 4.78 is 0. The normalized spacial score (nSPS) is 14.7. The van der Waals surface area contributed by atoms with E-state index in [2.05, 4.69) is 27.3 Å². The number of hydrogen-bond donors (Lipinski definition) is 1. The van der Waals surface area contributed by atoms with Gasteiger partial charge < -0.3 is 15.1 Å². The number of piperazine rings is 1. The molecule has 0 spiro atoms. The molecular formula is C20H25N5O2. The van der Waals surface area contributed by atoms with E-state index in [4.69, 9.17) is 0 Å². The Morgan fingerprint density at radius 2 is 1.78 bits per heavy atom. The number of amides is 3. The van der Waals surface area contributed by atoms with E-state index in [1.54, 1.807) is 31.1 Å². The molecule has 0 unspecified atom stereocenters. The van der Waals surface area contributed by atoms with Crippen molar-refractivity contribution in [1.29, 1.82) is 0 Å². The van der Waals surface area contributed by atoms with Crippen LogP contribution in [-0.4, -0.2) is 71.9 Å². The van der Waals surface area contributed by atoms with Gasteiger partial charge in [-0.25, -0.2) is 4.79 Å². The minimum absolute atomic E-state index is 0.149. The highest BCUT2D eigenvalue weighted by atomic mass is 16.2. The number of nitrogens with zero attached hydrogens (tertiary/aromatic N) is 4. The van der Waals surface area contributed by atoms with Crippen LogP contribution in [0.25, 0.3) is 0 Å². The Morgan fingerprint density at radius 1 is 1.07 bits per heavy atom. The lowest BCUT2D eigenvalue weighted by Crippen LogP contribution is -2.49. The first-order valence-electron chi connectivity index (χ1n) is 9.03. The van der Waals surface area contributed by atoms with E-state index in [9.17, 15) is 9.59 Å². The van der Waals surface area contributed by atoms with E-state index < -0.39 is 0 Å². The van der Waals surface area contributed by atoms with Gasteiger partial charge in [0.2, 0.25) is 0 Å². The number of carbonyl (C=O) groups excluding carboxylic acids is 2. The van der Waals surface area contributed by atoms with Crippen LogP contribution in [0.1, 0.15) is 16.1 Å². The minimum atomic E-state index is -0.194. The fourth-order valence-corrected chi connectivity index (χ4v) is 3.01. The highest BCUT2D eigenvalue weighted by Gasteiger charge is 2.21. The standard InChI is InChI=1S/C20H25N5O2/c1-23(2)19(26)18-14-17(8-9-21-18)22-20(27)25-12-10-24(11-13-25)15-16-6-4-3-5-7-16/h3-9,14H,10-13,15H2,1-2H3,(H,21,22,27). The van der Waals surface area contributed by atoms with Crippen LogP contribution in [0.15, 0.2) is 48.7 Å². The molecule has 2 aromatic rings. The van der Waals surface area contributed by atoms with Gasteiger partial charge in [0.25, 0.3) is 5.91 Å². The number of hydrogen-bond acceptors (Lipinski definition) is 4. The Labute approximate surface area is 159 Å². The molecule has 1 aliphatic heterocycles. The molecule has 7 heteroatoms. The van der Waals surface area contributed by atoms with Gasteiger partial charge in [0.1, 0.15) is 5.69 Å². The van der Waals surface area contributed by atoms with E-state index in [1.807, 2.05) is 18.2 Å². The largest absolute Gasteiger partial charge is 0.343 e. The van der Waals surface area contributed by atoms with Crippen LogP contribution in [0.5, 0.6) is 0 Å². The first-order valence-corrected chi connectivity index (χ1v) is 9.03. The Hall–Kier alpha value is -2.93. The van der Waals surface area contributed by atoms with Gasteiger partial charge in [0.15, 0.2) is 0 Å².